The molecule has 1 aliphatic rings. The van der Waals surface area contributed by atoms with Gasteiger partial charge in [0.05, 0.1) is 0 Å². The Balaban J connectivity index is 2.28. The molecule has 0 aromatic heterocycles. The van der Waals surface area contributed by atoms with Crippen molar-refractivity contribution < 1.29 is 14.4 Å². The average Bonchev–Trinajstić information content (AvgIpc) is 2.39. The standard InChI is InChI=1S/C12H22N4O3/c1-16(2)8-7-14-11(18)12(19)15-10(17)9-3-5-13-6-4-9/h9,13H,3-8H2,1-2H3,(H,14,18)(H,15,17,19). The summed E-state index contributed by atoms with van der Waals surface area (Å²) in [7, 11) is 3.74. The van der Waals surface area contributed by atoms with Crippen LogP contribution < -0.4 is 16.0 Å². The van der Waals surface area contributed by atoms with Gasteiger partial charge >= 0.3 is 11.8 Å². The van der Waals surface area contributed by atoms with Crippen LogP contribution in [0, 0.1) is 5.92 Å². The highest BCUT2D eigenvalue weighted by atomic mass is 16.2. The van der Waals surface area contributed by atoms with Crippen LogP contribution in [-0.2, 0) is 14.4 Å². The first-order valence-electron chi connectivity index (χ1n) is 6.49. The maximum absolute atomic E-state index is 11.7. The number of rotatable bonds is 4. The molecule has 3 amide bonds. The highest BCUT2D eigenvalue weighted by Crippen LogP contribution is 2.10. The molecule has 3 N–H and O–H groups in total. The van der Waals surface area contributed by atoms with Crippen LogP contribution in [-0.4, -0.2) is 62.9 Å². The van der Waals surface area contributed by atoms with E-state index in [4.69, 9.17) is 0 Å². The molecular formula is C12H22N4O3. The zero-order valence-electron chi connectivity index (χ0n) is 11.5. The van der Waals surface area contributed by atoms with Gasteiger partial charge in [-0.05, 0) is 40.0 Å². The van der Waals surface area contributed by atoms with Gasteiger partial charge in [-0.1, -0.05) is 0 Å². The molecule has 1 rings (SSSR count). The van der Waals surface area contributed by atoms with Gasteiger partial charge in [-0.2, -0.15) is 0 Å². The van der Waals surface area contributed by atoms with E-state index < -0.39 is 11.8 Å². The topological polar surface area (TPSA) is 90.5 Å². The van der Waals surface area contributed by atoms with E-state index in [-0.39, 0.29) is 11.8 Å². The number of piperidine rings is 1. The normalized spacial score (nSPS) is 16.2. The smallest absolute Gasteiger partial charge is 0.315 e. The second-order valence-electron chi connectivity index (χ2n) is 4.90. The van der Waals surface area contributed by atoms with Gasteiger partial charge in [0.15, 0.2) is 0 Å². The predicted molar refractivity (Wildman–Crippen MR) is 70.3 cm³/mol. The monoisotopic (exact) mass is 270 g/mol. The van der Waals surface area contributed by atoms with E-state index in [0.29, 0.717) is 25.9 Å². The van der Waals surface area contributed by atoms with Crippen molar-refractivity contribution in [2.75, 3.05) is 40.3 Å². The summed E-state index contributed by atoms with van der Waals surface area (Å²) in [6.45, 7) is 2.55. The molecule has 0 spiro atoms. The van der Waals surface area contributed by atoms with E-state index in [0.717, 1.165) is 13.1 Å². The zero-order chi connectivity index (χ0) is 14.3. The Bertz CT molecular complexity index is 338. The third kappa shape index (κ3) is 5.80. The lowest BCUT2D eigenvalue weighted by Gasteiger charge is -2.21. The van der Waals surface area contributed by atoms with Crippen molar-refractivity contribution in [1.29, 1.82) is 0 Å². The fraction of sp³-hybridized carbons (Fsp3) is 0.750. The second-order valence-corrected chi connectivity index (χ2v) is 4.90. The Kier molecular flexibility index (Phi) is 6.44. The molecule has 108 valence electrons. The number of likely N-dealkylation sites (N-methyl/N-ethyl adjacent to an activating group) is 1. The Morgan fingerprint density at radius 2 is 1.79 bits per heavy atom. The molecule has 0 unspecified atom stereocenters. The molecule has 1 heterocycles. The van der Waals surface area contributed by atoms with E-state index in [1.54, 1.807) is 0 Å². The molecule has 0 aromatic carbocycles. The van der Waals surface area contributed by atoms with Crippen molar-refractivity contribution in [3.05, 3.63) is 0 Å². The summed E-state index contributed by atoms with van der Waals surface area (Å²) >= 11 is 0. The Morgan fingerprint density at radius 3 is 2.37 bits per heavy atom. The first kappa shape index (κ1) is 15.6. The molecule has 0 atom stereocenters. The summed E-state index contributed by atoms with van der Waals surface area (Å²) in [6, 6.07) is 0. The van der Waals surface area contributed by atoms with Gasteiger partial charge in [0.1, 0.15) is 0 Å². The molecule has 0 radical (unpaired) electrons. The van der Waals surface area contributed by atoms with Crippen LogP contribution in [0.2, 0.25) is 0 Å². The lowest BCUT2D eigenvalue weighted by Crippen LogP contribution is -2.47. The van der Waals surface area contributed by atoms with Crippen molar-refractivity contribution >= 4 is 17.7 Å². The minimum absolute atomic E-state index is 0.181. The number of hydrogen-bond donors (Lipinski definition) is 3. The first-order chi connectivity index (χ1) is 9.00. The van der Waals surface area contributed by atoms with Crippen molar-refractivity contribution in [1.82, 2.24) is 20.9 Å². The second kappa shape index (κ2) is 7.85. The maximum Gasteiger partial charge on any atom is 0.315 e. The van der Waals surface area contributed by atoms with Crippen LogP contribution in [0.25, 0.3) is 0 Å². The highest BCUT2D eigenvalue weighted by Gasteiger charge is 2.24. The summed E-state index contributed by atoms with van der Waals surface area (Å²) in [4.78, 5) is 36.6. The number of imide groups is 1. The molecule has 0 aromatic rings. The summed E-state index contributed by atoms with van der Waals surface area (Å²) in [5.41, 5.74) is 0. The lowest BCUT2D eigenvalue weighted by atomic mass is 9.97. The van der Waals surface area contributed by atoms with Crippen LogP contribution in [0.4, 0.5) is 0 Å². The van der Waals surface area contributed by atoms with Crippen molar-refractivity contribution in [3.63, 3.8) is 0 Å². The van der Waals surface area contributed by atoms with Crippen molar-refractivity contribution in [3.8, 4) is 0 Å². The van der Waals surface area contributed by atoms with Crippen molar-refractivity contribution in [2.24, 2.45) is 5.92 Å². The zero-order valence-corrected chi connectivity index (χ0v) is 11.5. The van der Waals surface area contributed by atoms with E-state index in [1.807, 2.05) is 19.0 Å². The fourth-order valence-electron chi connectivity index (χ4n) is 1.83. The Labute approximate surface area is 113 Å². The molecule has 0 saturated carbocycles. The van der Waals surface area contributed by atoms with Crippen LogP contribution >= 0.6 is 0 Å². The third-order valence-corrected chi connectivity index (χ3v) is 3.00. The molecule has 1 saturated heterocycles. The van der Waals surface area contributed by atoms with Crippen LogP contribution in [0.3, 0.4) is 0 Å². The number of hydrogen-bond acceptors (Lipinski definition) is 5. The Morgan fingerprint density at radius 1 is 1.16 bits per heavy atom. The molecule has 19 heavy (non-hydrogen) atoms. The first-order valence-corrected chi connectivity index (χ1v) is 6.49. The quantitative estimate of drug-likeness (QED) is 0.530. The largest absolute Gasteiger partial charge is 0.347 e. The van der Waals surface area contributed by atoms with E-state index >= 15 is 0 Å². The summed E-state index contributed by atoms with van der Waals surface area (Å²) in [6.07, 6.45) is 1.39. The predicted octanol–water partition coefficient (Wildman–Crippen LogP) is -1.69. The van der Waals surface area contributed by atoms with Crippen molar-refractivity contribution in [2.45, 2.75) is 12.8 Å². The summed E-state index contributed by atoms with van der Waals surface area (Å²) < 4.78 is 0. The molecular weight excluding hydrogens is 248 g/mol. The highest BCUT2D eigenvalue weighted by molar-refractivity contribution is 6.37. The molecule has 1 fully saturated rings. The number of carbonyl (C=O) groups excluding carboxylic acids is 3. The lowest BCUT2D eigenvalue weighted by molar-refractivity contribution is -0.143. The van der Waals surface area contributed by atoms with Gasteiger partial charge in [-0.15, -0.1) is 0 Å². The minimum atomic E-state index is -0.873. The molecule has 1 aliphatic heterocycles. The van der Waals surface area contributed by atoms with E-state index in [9.17, 15) is 14.4 Å². The third-order valence-electron chi connectivity index (χ3n) is 3.00. The van der Waals surface area contributed by atoms with Crippen LogP contribution in [0.15, 0.2) is 0 Å². The van der Waals surface area contributed by atoms with Gasteiger partial charge in [0.2, 0.25) is 5.91 Å². The fourth-order valence-corrected chi connectivity index (χ4v) is 1.83. The van der Waals surface area contributed by atoms with Gasteiger partial charge in [-0.25, -0.2) is 0 Å². The molecule has 0 bridgehead atoms. The number of nitrogens with zero attached hydrogens (tertiary/aromatic N) is 1. The number of carbonyl (C=O) groups is 3. The molecule has 7 heteroatoms. The SMILES string of the molecule is CN(C)CCNC(=O)C(=O)NC(=O)C1CCNCC1. The van der Waals surface area contributed by atoms with Gasteiger partial charge in [-0.3, -0.25) is 19.7 Å². The number of nitrogens with one attached hydrogen (secondary N) is 3. The molecule has 7 nitrogen and oxygen atoms in total. The minimum Gasteiger partial charge on any atom is -0.347 e. The molecule has 0 aliphatic carbocycles. The Hall–Kier alpha value is -1.47. The summed E-state index contributed by atoms with van der Waals surface area (Å²) in [5, 5.41) is 7.76. The van der Waals surface area contributed by atoms with Gasteiger partial charge < -0.3 is 15.5 Å². The van der Waals surface area contributed by atoms with Gasteiger partial charge in [0.25, 0.3) is 0 Å². The van der Waals surface area contributed by atoms with E-state index in [1.165, 1.54) is 0 Å². The van der Waals surface area contributed by atoms with Crippen LogP contribution in [0.5, 0.6) is 0 Å². The maximum atomic E-state index is 11.7. The average molecular weight is 270 g/mol. The summed E-state index contributed by atoms with van der Waals surface area (Å²) in [5.74, 6) is -2.17. The van der Waals surface area contributed by atoms with E-state index in [2.05, 4.69) is 16.0 Å². The van der Waals surface area contributed by atoms with Gasteiger partial charge in [0, 0.05) is 19.0 Å². The number of amides is 3. The van der Waals surface area contributed by atoms with Crippen LogP contribution in [0.1, 0.15) is 12.8 Å².